The third kappa shape index (κ3) is 5.07. The van der Waals surface area contributed by atoms with Crippen molar-refractivity contribution in [1.29, 1.82) is 0 Å². The summed E-state index contributed by atoms with van der Waals surface area (Å²) in [5, 5.41) is 5.82. The molecule has 0 saturated carbocycles. The lowest BCUT2D eigenvalue weighted by molar-refractivity contribution is -0.119. The van der Waals surface area contributed by atoms with Crippen molar-refractivity contribution in [2.75, 3.05) is 25.5 Å². The SMILES string of the molecule is COc1ccc(CC(=O)NC(=S)Nc2ccccc2C(=O)N2CCCC2)cc1. The molecule has 0 spiro atoms. The van der Waals surface area contributed by atoms with Crippen LogP contribution in [0, 0.1) is 0 Å². The first-order valence-electron chi connectivity index (χ1n) is 9.19. The maximum atomic E-state index is 12.7. The van der Waals surface area contributed by atoms with E-state index >= 15 is 0 Å². The average molecular weight is 398 g/mol. The molecule has 0 unspecified atom stereocenters. The number of thiocarbonyl (C=S) groups is 1. The minimum atomic E-state index is -0.231. The molecule has 28 heavy (non-hydrogen) atoms. The summed E-state index contributed by atoms with van der Waals surface area (Å²) in [5.74, 6) is 0.486. The van der Waals surface area contributed by atoms with Crippen molar-refractivity contribution in [2.45, 2.75) is 19.3 Å². The maximum Gasteiger partial charge on any atom is 0.255 e. The Morgan fingerprint density at radius 1 is 1.07 bits per heavy atom. The van der Waals surface area contributed by atoms with Gasteiger partial charge in [-0.3, -0.25) is 9.59 Å². The van der Waals surface area contributed by atoms with Crippen LogP contribution in [0.15, 0.2) is 48.5 Å². The van der Waals surface area contributed by atoms with Gasteiger partial charge in [0.1, 0.15) is 5.75 Å². The molecule has 0 aliphatic carbocycles. The molecule has 1 aliphatic heterocycles. The smallest absolute Gasteiger partial charge is 0.255 e. The number of nitrogens with one attached hydrogen (secondary N) is 2. The molecule has 146 valence electrons. The highest BCUT2D eigenvalue weighted by Gasteiger charge is 2.22. The lowest BCUT2D eigenvalue weighted by atomic mass is 10.1. The summed E-state index contributed by atoms with van der Waals surface area (Å²) < 4.78 is 5.11. The zero-order chi connectivity index (χ0) is 19.9. The van der Waals surface area contributed by atoms with E-state index in [9.17, 15) is 9.59 Å². The number of carbonyl (C=O) groups excluding carboxylic acids is 2. The first-order valence-corrected chi connectivity index (χ1v) is 9.59. The van der Waals surface area contributed by atoms with E-state index < -0.39 is 0 Å². The fourth-order valence-electron chi connectivity index (χ4n) is 3.12. The normalized spacial score (nSPS) is 13.1. The van der Waals surface area contributed by atoms with E-state index in [1.165, 1.54) is 0 Å². The van der Waals surface area contributed by atoms with Crippen molar-refractivity contribution < 1.29 is 14.3 Å². The largest absolute Gasteiger partial charge is 0.497 e. The van der Waals surface area contributed by atoms with Gasteiger partial charge >= 0.3 is 0 Å². The van der Waals surface area contributed by atoms with Gasteiger partial charge in [0, 0.05) is 13.1 Å². The van der Waals surface area contributed by atoms with Crippen LogP contribution in [-0.2, 0) is 11.2 Å². The number of methoxy groups -OCH3 is 1. The summed E-state index contributed by atoms with van der Waals surface area (Å²) in [6.07, 6.45) is 2.25. The molecular weight excluding hydrogens is 374 g/mol. The Morgan fingerprint density at radius 3 is 2.43 bits per heavy atom. The van der Waals surface area contributed by atoms with Crippen LogP contribution in [0.2, 0.25) is 0 Å². The predicted octanol–water partition coefficient (Wildman–Crippen LogP) is 2.99. The second-order valence-electron chi connectivity index (χ2n) is 6.57. The van der Waals surface area contributed by atoms with Gasteiger partial charge in [0.25, 0.3) is 5.91 Å². The van der Waals surface area contributed by atoms with Gasteiger partial charge in [0.15, 0.2) is 5.11 Å². The number of amides is 2. The van der Waals surface area contributed by atoms with Gasteiger partial charge in [0.05, 0.1) is 24.8 Å². The number of hydrogen-bond acceptors (Lipinski definition) is 4. The van der Waals surface area contributed by atoms with Gasteiger partial charge in [-0.1, -0.05) is 24.3 Å². The summed E-state index contributed by atoms with van der Waals surface area (Å²) >= 11 is 5.26. The number of likely N-dealkylation sites (tertiary alicyclic amines) is 1. The molecule has 2 N–H and O–H groups in total. The number of ether oxygens (including phenoxy) is 1. The zero-order valence-corrected chi connectivity index (χ0v) is 16.6. The van der Waals surface area contributed by atoms with Crippen LogP contribution in [0.5, 0.6) is 5.75 Å². The molecule has 6 nitrogen and oxygen atoms in total. The Morgan fingerprint density at radius 2 is 1.75 bits per heavy atom. The van der Waals surface area contributed by atoms with Gasteiger partial charge in [-0.05, 0) is 54.9 Å². The number of hydrogen-bond donors (Lipinski definition) is 2. The lowest BCUT2D eigenvalue weighted by Crippen LogP contribution is -2.36. The van der Waals surface area contributed by atoms with E-state index in [4.69, 9.17) is 17.0 Å². The van der Waals surface area contributed by atoms with E-state index in [1.54, 1.807) is 31.4 Å². The fraction of sp³-hybridized carbons (Fsp3) is 0.286. The Labute approximate surface area is 169 Å². The van der Waals surface area contributed by atoms with Crippen molar-refractivity contribution >= 4 is 34.8 Å². The second-order valence-corrected chi connectivity index (χ2v) is 6.98. The van der Waals surface area contributed by atoms with Crippen molar-refractivity contribution in [3.8, 4) is 5.75 Å². The second kappa shape index (κ2) is 9.32. The van der Waals surface area contributed by atoms with E-state index in [0.717, 1.165) is 37.2 Å². The van der Waals surface area contributed by atoms with E-state index in [0.29, 0.717) is 11.3 Å². The minimum absolute atomic E-state index is 0.0204. The first kappa shape index (κ1) is 19.8. The van der Waals surface area contributed by atoms with E-state index in [2.05, 4.69) is 10.6 Å². The summed E-state index contributed by atoms with van der Waals surface area (Å²) in [5.41, 5.74) is 2.00. The van der Waals surface area contributed by atoms with Gasteiger partial charge < -0.3 is 20.3 Å². The molecule has 0 bridgehead atoms. The highest BCUT2D eigenvalue weighted by Crippen LogP contribution is 2.20. The van der Waals surface area contributed by atoms with E-state index in [-0.39, 0.29) is 23.3 Å². The quantitative estimate of drug-likeness (QED) is 0.759. The Bertz CT molecular complexity index is 861. The Hall–Kier alpha value is -2.93. The number of carbonyl (C=O) groups is 2. The standard InChI is InChI=1S/C21H23N3O3S/c1-27-16-10-8-15(9-11-16)14-19(25)23-21(28)22-18-7-3-2-6-17(18)20(26)24-12-4-5-13-24/h2-3,6-11H,4-5,12-14H2,1H3,(H2,22,23,25,28). The van der Waals surface area contributed by atoms with Crippen molar-refractivity contribution in [1.82, 2.24) is 10.2 Å². The zero-order valence-electron chi connectivity index (χ0n) is 15.7. The molecule has 2 aromatic carbocycles. The molecule has 7 heteroatoms. The molecule has 1 fully saturated rings. The van der Waals surface area contributed by atoms with Crippen molar-refractivity contribution in [2.24, 2.45) is 0 Å². The first-order chi connectivity index (χ1) is 13.6. The molecule has 3 rings (SSSR count). The number of anilines is 1. The molecule has 2 aromatic rings. The maximum absolute atomic E-state index is 12.7. The summed E-state index contributed by atoms with van der Waals surface area (Å²) in [7, 11) is 1.60. The van der Waals surface area contributed by atoms with Crippen LogP contribution >= 0.6 is 12.2 Å². The number of rotatable bonds is 5. The molecule has 0 radical (unpaired) electrons. The van der Waals surface area contributed by atoms with Gasteiger partial charge in [-0.25, -0.2) is 0 Å². The summed E-state index contributed by atoms with van der Waals surface area (Å²) in [6, 6.07) is 14.5. The van der Waals surface area contributed by atoms with Crippen LogP contribution in [-0.4, -0.2) is 42.0 Å². The number of nitrogens with zero attached hydrogens (tertiary/aromatic N) is 1. The van der Waals surface area contributed by atoms with Crippen molar-refractivity contribution in [3.63, 3.8) is 0 Å². The molecular formula is C21H23N3O3S. The lowest BCUT2D eigenvalue weighted by Gasteiger charge is -2.18. The van der Waals surface area contributed by atoms with Crippen LogP contribution in [0.25, 0.3) is 0 Å². The molecule has 2 amide bonds. The molecule has 1 heterocycles. The highest BCUT2D eigenvalue weighted by atomic mass is 32.1. The monoisotopic (exact) mass is 397 g/mol. The predicted molar refractivity (Wildman–Crippen MR) is 113 cm³/mol. The number of benzene rings is 2. The molecule has 1 aliphatic rings. The van der Waals surface area contributed by atoms with Crippen molar-refractivity contribution in [3.05, 3.63) is 59.7 Å². The number of para-hydroxylation sites is 1. The van der Waals surface area contributed by atoms with E-state index in [1.807, 2.05) is 29.2 Å². The van der Waals surface area contributed by atoms with Crippen LogP contribution in [0.3, 0.4) is 0 Å². The van der Waals surface area contributed by atoms with Crippen LogP contribution < -0.4 is 15.4 Å². The van der Waals surface area contributed by atoms with Crippen LogP contribution in [0.1, 0.15) is 28.8 Å². The minimum Gasteiger partial charge on any atom is -0.497 e. The fourth-order valence-corrected chi connectivity index (χ4v) is 3.35. The molecule has 0 atom stereocenters. The van der Waals surface area contributed by atoms with Crippen LogP contribution in [0.4, 0.5) is 5.69 Å². The topological polar surface area (TPSA) is 70.7 Å². The summed E-state index contributed by atoms with van der Waals surface area (Å²) in [4.78, 5) is 26.8. The van der Waals surface area contributed by atoms with Gasteiger partial charge in [0.2, 0.25) is 5.91 Å². The third-order valence-electron chi connectivity index (χ3n) is 4.58. The average Bonchev–Trinajstić information content (AvgIpc) is 3.23. The Balaban J connectivity index is 1.59. The molecule has 1 saturated heterocycles. The van der Waals surface area contributed by atoms with Gasteiger partial charge in [-0.2, -0.15) is 0 Å². The highest BCUT2D eigenvalue weighted by molar-refractivity contribution is 7.80. The third-order valence-corrected chi connectivity index (χ3v) is 4.78. The Kier molecular flexibility index (Phi) is 6.60. The summed E-state index contributed by atoms with van der Waals surface area (Å²) in [6.45, 7) is 1.55. The molecule has 0 aromatic heterocycles. The van der Waals surface area contributed by atoms with Gasteiger partial charge in [-0.15, -0.1) is 0 Å².